The quantitative estimate of drug-likeness (QED) is 0.750. The second-order valence-corrected chi connectivity index (χ2v) is 5.82. The van der Waals surface area contributed by atoms with E-state index >= 15 is 0 Å². The molecule has 1 aromatic rings. The number of esters is 1. The zero-order valence-corrected chi connectivity index (χ0v) is 13.1. The molecule has 8 heteroatoms. The summed E-state index contributed by atoms with van der Waals surface area (Å²) in [6, 6.07) is -0.848. The summed E-state index contributed by atoms with van der Waals surface area (Å²) in [6.07, 6.45) is 3.66. The van der Waals surface area contributed by atoms with Gasteiger partial charge in [-0.2, -0.15) is 5.10 Å². The number of carbonyl (C=O) groups is 3. The monoisotopic (exact) mass is 320 g/mol. The third-order valence-corrected chi connectivity index (χ3v) is 4.44. The Morgan fingerprint density at radius 2 is 2.13 bits per heavy atom. The van der Waals surface area contributed by atoms with Crippen LogP contribution in [0, 0.1) is 0 Å². The van der Waals surface area contributed by atoms with E-state index in [1.165, 1.54) is 12.0 Å². The summed E-state index contributed by atoms with van der Waals surface area (Å²) >= 11 is 0. The number of piperazine rings is 1. The van der Waals surface area contributed by atoms with Gasteiger partial charge in [-0.15, -0.1) is 0 Å². The maximum Gasteiger partial charge on any atom is 0.308 e. The number of nitrogens with zero attached hydrogens (tertiary/aromatic N) is 2. The maximum atomic E-state index is 12.9. The van der Waals surface area contributed by atoms with Gasteiger partial charge in [-0.1, -0.05) is 0 Å². The third-order valence-electron chi connectivity index (χ3n) is 4.44. The molecule has 8 nitrogen and oxygen atoms in total. The number of carbonyl (C=O) groups excluding carboxylic acids is 3. The van der Waals surface area contributed by atoms with E-state index in [4.69, 9.17) is 0 Å². The van der Waals surface area contributed by atoms with Crippen molar-refractivity contribution in [1.29, 1.82) is 0 Å². The van der Waals surface area contributed by atoms with Gasteiger partial charge in [0, 0.05) is 24.3 Å². The zero-order chi connectivity index (χ0) is 16.4. The number of hydrogen-bond acceptors (Lipinski definition) is 5. The van der Waals surface area contributed by atoms with E-state index in [1.54, 1.807) is 0 Å². The van der Waals surface area contributed by atoms with Crippen LogP contribution in [0.15, 0.2) is 0 Å². The highest BCUT2D eigenvalue weighted by atomic mass is 16.5. The van der Waals surface area contributed by atoms with Crippen molar-refractivity contribution in [3.8, 4) is 0 Å². The number of aryl methyl sites for hydroxylation is 1. The molecule has 0 unspecified atom stereocenters. The van der Waals surface area contributed by atoms with Crippen molar-refractivity contribution in [2.45, 2.75) is 38.1 Å². The number of H-pyrrole nitrogens is 1. The van der Waals surface area contributed by atoms with Crippen LogP contribution in [0.4, 0.5) is 0 Å². The van der Waals surface area contributed by atoms with Gasteiger partial charge in [0.1, 0.15) is 6.04 Å². The Balaban J connectivity index is 1.85. The number of aromatic amines is 1. The predicted molar refractivity (Wildman–Crippen MR) is 79.7 cm³/mol. The van der Waals surface area contributed by atoms with E-state index in [2.05, 4.69) is 20.3 Å². The molecule has 0 radical (unpaired) electrons. The molecular formula is C15H20N4O4. The van der Waals surface area contributed by atoms with Crippen molar-refractivity contribution in [1.82, 2.24) is 20.4 Å². The summed E-state index contributed by atoms with van der Waals surface area (Å²) in [5, 5.41) is 9.79. The van der Waals surface area contributed by atoms with Gasteiger partial charge in [0.15, 0.2) is 5.69 Å². The van der Waals surface area contributed by atoms with Crippen molar-refractivity contribution in [2.24, 2.45) is 0 Å². The number of fused-ring (bicyclic) bond motifs is 1. The molecule has 2 aliphatic rings. The Bertz CT molecular complexity index is 639. The minimum atomic E-state index is -0.848. The first-order valence-corrected chi connectivity index (χ1v) is 7.83. The molecule has 3 rings (SSSR count). The number of rotatable bonds is 3. The largest absolute Gasteiger partial charge is 0.469 e. The van der Waals surface area contributed by atoms with E-state index in [1.807, 2.05) is 0 Å². The van der Waals surface area contributed by atoms with Crippen molar-refractivity contribution in [2.75, 3.05) is 20.2 Å². The summed E-state index contributed by atoms with van der Waals surface area (Å²) in [5.41, 5.74) is 2.33. The summed E-state index contributed by atoms with van der Waals surface area (Å²) in [5.74, 6) is -1.15. The minimum Gasteiger partial charge on any atom is -0.469 e. The molecule has 1 atom stereocenters. The lowest BCUT2D eigenvalue weighted by atomic mass is 9.95. The first kappa shape index (κ1) is 15.5. The van der Waals surface area contributed by atoms with Gasteiger partial charge in [-0.05, 0) is 25.7 Å². The topological polar surface area (TPSA) is 104 Å². The molecule has 124 valence electrons. The first-order valence-electron chi connectivity index (χ1n) is 7.83. The smallest absolute Gasteiger partial charge is 0.308 e. The Morgan fingerprint density at radius 3 is 2.91 bits per heavy atom. The van der Waals surface area contributed by atoms with Gasteiger partial charge in [0.25, 0.3) is 5.91 Å². The van der Waals surface area contributed by atoms with Crippen molar-refractivity contribution in [3.05, 3.63) is 17.0 Å². The van der Waals surface area contributed by atoms with Crippen molar-refractivity contribution >= 4 is 17.8 Å². The average molecular weight is 320 g/mol. The van der Waals surface area contributed by atoms with Crippen LogP contribution in [0.3, 0.4) is 0 Å². The number of ether oxygens (including phenoxy) is 1. The normalized spacial score (nSPS) is 20.7. The standard InChI is InChI=1S/C15H20N4O4/c1-23-12(20)8-11-14(21)16-6-7-19(11)15(22)13-9-4-2-3-5-10(9)17-18-13/h11H,2-8H2,1H3,(H,16,21)(H,17,18)/t11-/m0/s1. The van der Waals surface area contributed by atoms with Gasteiger partial charge in [-0.25, -0.2) is 0 Å². The Labute approximate surface area is 133 Å². The van der Waals surface area contributed by atoms with Gasteiger partial charge < -0.3 is 15.0 Å². The molecule has 1 aliphatic heterocycles. The molecule has 23 heavy (non-hydrogen) atoms. The van der Waals surface area contributed by atoms with E-state index in [0.717, 1.165) is 36.9 Å². The molecule has 0 bridgehead atoms. The SMILES string of the molecule is COC(=O)C[C@H]1C(=O)NCCN1C(=O)c1n[nH]c2c1CCCC2. The van der Waals surface area contributed by atoms with Gasteiger partial charge in [0.2, 0.25) is 5.91 Å². The lowest BCUT2D eigenvalue weighted by Crippen LogP contribution is -2.58. The van der Waals surface area contributed by atoms with Crippen LogP contribution >= 0.6 is 0 Å². The van der Waals surface area contributed by atoms with Crippen LogP contribution in [-0.4, -0.2) is 59.1 Å². The summed E-state index contributed by atoms with van der Waals surface area (Å²) < 4.78 is 4.63. The van der Waals surface area contributed by atoms with Crippen LogP contribution in [0.25, 0.3) is 0 Å². The molecule has 1 fully saturated rings. The van der Waals surface area contributed by atoms with Crippen LogP contribution in [0.5, 0.6) is 0 Å². The number of nitrogens with one attached hydrogen (secondary N) is 2. The Hall–Kier alpha value is -2.38. The molecule has 0 saturated carbocycles. The van der Waals surface area contributed by atoms with Gasteiger partial charge >= 0.3 is 5.97 Å². The molecule has 2 N–H and O–H groups in total. The summed E-state index contributed by atoms with van der Waals surface area (Å²) in [6.45, 7) is 0.725. The van der Waals surface area contributed by atoms with Crippen LogP contribution in [0.2, 0.25) is 0 Å². The highest BCUT2D eigenvalue weighted by Gasteiger charge is 2.37. The third kappa shape index (κ3) is 2.93. The average Bonchev–Trinajstić information content (AvgIpc) is 3.00. The summed E-state index contributed by atoms with van der Waals surface area (Å²) in [7, 11) is 1.26. The van der Waals surface area contributed by atoms with Gasteiger partial charge in [-0.3, -0.25) is 19.5 Å². The number of methoxy groups -OCH3 is 1. The molecule has 0 spiro atoms. The fourth-order valence-electron chi connectivity index (χ4n) is 3.20. The maximum absolute atomic E-state index is 12.9. The van der Waals surface area contributed by atoms with Crippen molar-refractivity contribution < 1.29 is 19.1 Å². The molecular weight excluding hydrogens is 300 g/mol. The first-order chi connectivity index (χ1) is 11.1. The Kier molecular flexibility index (Phi) is 4.31. The van der Waals surface area contributed by atoms with Crippen molar-refractivity contribution in [3.63, 3.8) is 0 Å². The van der Waals surface area contributed by atoms with Gasteiger partial charge in [0.05, 0.1) is 13.5 Å². The molecule has 1 aliphatic carbocycles. The Morgan fingerprint density at radius 1 is 1.35 bits per heavy atom. The number of hydrogen-bond donors (Lipinski definition) is 2. The van der Waals surface area contributed by atoms with E-state index < -0.39 is 12.0 Å². The molecule has 1 saturated heterocycles. The molecule has 1 aromatic heterocycles. The highest BCUT2D eigenvalue weighted by molar-refractivity contribution is 5.99. The molecule has 0 aromatic carbocycles. The van der Waals surface area contributed by atoms with Crippen LogP contribution in [-0.2, 0) is 27.2 Å². The number of aromatic nitrogens is 2. The van der Waals surface area contributed by atoms with Crippen LogP contribution in [0.1, 0.15) is 41.0 Å². The number of amides is 2. The minimum absolute atomic E-state index is 0.152. The van der Waals surface area contributed by atoms with E-state index in [0.29, 0.717) is 18.8 Å². The molecule has 2 heterocycles. The second kappa shape index (κ2) is 6.39. The van der Waals surface area contributed by atoms with E-state index in [-0.39, 0.29) is 18.2 Å². The lowest BCUT2D eigenvalue weighted by molar-refractivity contribution is -0.145. The highest BCUT2D eigenvalue weighted by Crippen LogP contribution is 2.24. The summed E-state index contributed by atoms with van der Waals surface area (Å²) in [4.78, 5) is 37.9. The van der Waals surface area contributed by atoms with Crippen LogP contribution < -0.4 is 5.32 Å². The zero-order valence-electron chi connectivity index (χ0n) is 13.1. The van der Waals surface area contributed by atoms with E-state index in [9.17, 15) is 14.4 Å². The fraction of sp³-hybridized carbons (Fsp3) is 0.600. The molecule has 2 amide bonds. The lowest BCUT2D eigenvalue weighted by Gasteiger charge is -2.34. The second-order valence-electron chi connectivity index (χ2n) is 5.82. The predicted octanol–water partition coefficient (Wildman–Crippen LogP) is -0.208. The fourth-order valence-corrected chi connectivity index (χ4v) is 3.20.